The van der Waals surface area contributed by atoms with E-state index in [1.54, 1.807) is 7.11 Å². The van der Waals surface area contributed by atoms with Crippen LogP contribution in [0.3, 0.4) is 0 Å². The highest BCUT2D eigenvalue weighted by molar-refractivity contribution is 5.76. The molecule has 0 aliphatic heterocycles. The lowest BCUT2D eigenvalue weighted by Crippen LogP contribution is -2.37. The van der Waals surface area contributed by atoms with Crippen molar-refractivity contribution in [2.75, 3.05) is 26.9 Å². The Morgan fingerprint density at radius 3 is 2.83 bits per heavy atom. The highest BCUT2D eigenvalue weighted by atomic mass is 16.5. The van der Waals surface area contributed by atoms with Gasteiger partial charge in [0.05, 0.1) is 12.7 Å². The minimum absolute atomic E-state index is 0.00124. The van der Waals surface area contributed by atoms with Crippen molar-refractivity contribution in [3.63, 3.8) is 0 Å². The van der Waals surface area contributed by atoms with Crippen LogP contribution in [0.15, 0.2) is 0 Å². The number of methoxy groups -OCH3 is 1. The summed E-state index contributed by atoms with van der Waals surface area (Å²) in [6, 6.07) is 0.00124. The van der Waals surface area contributed by atoms with Gasteiger partial charge in [-0.05, 0) is 32.1 Å². The molecule has 106 valence electrons. The van der Waals surface area contributed by atoms with E-state index in [0.29, 0.717) is 31.6 Å². The summed E-state index contributed by atoms with van der Waals surface area (Å²) < 4.78 is 10.4. The van der Waals surface area contributed by atoms with Gasteiger partial charge in [0.25, 0.3) is 0 Å². The number of ether oxygens (including phenoxy) is 2. The van der Waals surface area contributed by atoms with Crippen LogP contribution in [0.2, 0.25) is 0 Å². The fourth-order valence-electron chi connectivity index (χ4n) is 2.24. The second-order valence-electron chi connectivity index (χ2n) is 4.97. The van der Waals surface area contributed by atoms with Crippen molar-refractivity contribution in [2.24, 2.45) is 11.7 Å². The average molecular weight is 258 g/mol. The third kappa shape index (κ3) is 5.80. The van der Waals surface area contributed by atoms with Crippen molar-refractivity contribution in [2.45, 2.75) is 44.8 Å². The summed E-state index contributed by atoms with van der Waals surface area (Å²) in [7, 11) is 1.63. The summed E-state index contributed by atoms with van der Waals surface area (Å²) >= 11 is 0. The molecule has 0 radical (unpaired) electrons. The van der Waals surface area contributed by atoms with E-state index in [2.05, 4.69) is 5.32 Å². The second-order valence-corrected chi connectivity index (χ2v) is 4.97. The molecule has 1 fully saturated rings. The molecule has 0 aromatic carbocycles. The normalized spacial score (nSPS) is 24.4. The van der Waals surface area contributed by atoms with Crippen LogP contribution >= 0.6 is 0 Å². The van der Waals surface area contributed by atoms with E-state index < -0.39 is 0 Å². The molecule has 1 unspecified atom stereocenters. The standard InChI is InChI=1S/C13H26N2O3/c1-3-18-12-6-10(7-12)8-13(16)15-5-4-11(14)9-17-2/h10-12H,3-9,14H2,1-2H3,(H,15,16). The number of amides is 1. The minimum Gasteiger partial charge on any atom is -0.383 e. The molecule has 0 aromatic rings. The summed E-state index contributed by atoms with van der Waals surface area (Å²) in [4.78, 5) is 11.6. The maximum Gasteiger partial charge on any atom is 0.220 e. The van der Waals surface area contributed by atoms with Crippen LogP contribution in [0.4, 0.5) is 0 Å². The molecule has 5 nitrogen and oxygen atoms in total. The smallest absolute Gasteiger partial charge is 0.220 e. The largest absolute Gasteiger partial charge is 0.383 e. The number of nitrogens with one attached hydrogen (secondary N) is 1. The van der Waals surface area contributed by atoms with Crippen molar-refractivity contribution in [3.05, 3.63) is 0 Å². The number of carbonyl (C=O) groups is 1. The van der Waals surface area contributed by atoms with Crippen molar-refractivity contribution in [3.8, 4) is 0 Å². The van der Waals surface area contributed by atoms with Crippen molar-refractivity contribution in [1.29, 1.82) is 0 Å². The van der Waals surface area contributed by atoms with Gasteiger partial charge in [0.15, 0.2) is 0 Å². The monoisotopic (exact) mass is 258 g/mol. The third-order valence-electron chi connectivity index (χ3n) is 3.29. The molecule has 1 aliphatic carbocycles. The first-order valence-corrected chi connectivity index (χ1v) is 6.78. The molecule has 0 aromatic heterocycles. The zero-order valence-corrected chi connectivity index (χ0v) is 11.5. The van der Waals surface area contributed by atoms with E-state index in [0.717, 1.165) is 25.9 Å². The first-order chi connectivity index (χ1) is 8.65. The fraction of sp³-hybridized carbons (Fsp3) is 0.923. The molecule has 1 aliphatic rings. The van der Waals surface area contributed by atoms with Gasteiger partial charge in [0, 0.05) is 32.7 Å². The molecule has 5 heteroatoms. The number of rotatable bonds is 9. The van der Waals surface area contributed by atoms with E-state index >= 15 is 0 Å². The van der Waals surface area contributed by atoms with Crippen molar-refractivity contribution in [1.82, 2.24) is 5.32 Å². The Morgan fingerprint density at radius 1 is 1.50 bits per heavy atom. The molecule has 0 saturated heterocycles. The molecule has 1 amide bonds. The molecular weight excluding hydrogens is 232 g/mol. The van der Waals surface area contributed by atoms with Gasteiger partial charge in [-0.1, -0.05) is 0 Å². The van der Waals surface area contributed by atoms with Crippen LogP contribution in [0.25, 0.3) is 0 Å². The van der Waals surface area contributed by atoms with E-state index in [-0.39, 0.29) is 11.9 Å². The maximum atomic E-state index is 11.6. The third-order valence-corrected chi connectivity index (χ3v) is 3.29. The highest BCUT2D eigenvalue weighted by Crippen LogP contribution is 2.32. The molecule has 0 spiro atoms. The molecule has 1 saturated carbocycles. The summed E-state index contributed by atoms with van der Waals surface area (Å²) in [5, 5.41) is 2.90. The topological polar surface area (TPSA) is 73.6 Å². The van der Waals surface area contributed by atoms with Crippen molar-refractivity contribution < 1.29 is 14.3 Å². The van der Waals surface area contributed by atoms with E-state index in [4.69, 9.17) is 15.2 Å². The Balaban J connectivity index is 1.98. The second kappa shape index (κ2) is 8.45. The molecule has 18 heavy (non-hydrogen) atoms. The van der Waals surface area contributed by atoms with Crippen LogP contribution in [-0.2, 0) is 14.3 Å². The Hall–Kier alpha value is -0.650. The van der Waals surface area contributed by atoms with Gasteiger partial charge in [0.2, 0.25) is 5.91 Å². The Kier molecular flexibility index (Phi) is 7.23. The number of hydrogen-bond acceptors (Lipinski definition) is 4. The Morgan fingerprint density at radius 2 is 2.22 bits per heavy atom. The van der Waals surface area contributed by atoms with Gasteiger partial charge >= 0.3 is 0 Å². The lowest BCUT2D eigenvalue weighted by atomic mass is 9.80. The molecule has 0 heterocycles. The van der Waals surface area contributed by atoms with Crippen LogP contribution in [0.5, 0.6) is 0 Å². The SMILES string of the molecule is CCOC1CC(CC(=O)NCCC(N)COC)C1. The van der Waals surface area contributed by atoms with E-state index in [1.807, 2.05) is 6.92 Å². The van der Waals surface area contributed by atoms with Gasteiger partial charge in [-0.2, -0.15) is 0 Å². The van der Waals surface area contributed by atoms with Gasteiger partial charge in [-0.3, -0.25) is 4.79 Å². The zero-order valence-electron chi connectivity index (χ0n) is 11.5. The number of nitrogens with two attached hydrogens (primary N) is 1. The zero-order chi connectivity index (χ0) is 13.4. The molecular formula is C13H26N2O3. The molecule has 1 rings (SSSR count). The summed E-state index contributed by atoms with van der Waals surface area (Å²) in [5.74, 6) is 0.619. The van der Waals surface area contributed by atoms with Gasteiger partial charge < -0.3 is 20.5 Å². The average Bonchev–Trinajstić information content (AvgIpc) is 2.26. The highest BCUT2D eigenvalue weighted by Gasteiger charge is 2.30. The summed E-state index contributed by atoms with van der Waals surface area (Å²) in [5.41, 5.74) is 5.77. The van der Waals surface area contributed by atoms with Gasteiger partial charge in [0.1, 0.15) is 0 Å². The molecule has 3 N–H and O–H groups in total. The van der Waals surface area contributed by atoms with Crippen LogP contribution in [0.1, 0.15) is 32.6 Å². The predicted molar refractivity (Wildman–Crippen MR) is 70.2 cm³/mol. The van der Waals surface area contributed by atoms with Crippen LogP contribution in [-0.4, -0.2) is 44.9 Å². The first kappa shape index (κ1) is 15.4. The van der Waals surface area contributed by atoms with Gasteiger partial charge in [-0.15, -0.1) is 0 Å². The molecule has 0 bridgehead atoms. The minimum atomic E-state index is 0.00124. The van der Waals surface area contributed by atoms with Crippen LogP contribution < -0.4 is 11.1 Å². The van der Waals surface area contributed by atoms with Crippen LogP contribution in [0, 0.1) is 5.92 Å². The summed E-state index contributed by atoms with van der Waals surface area (Å²) in [6.07, 6.45) is 3.78. The first-order valence-electron chi connectivity index (χ1n) is 6.78. The van der Waals surface area contributed by atoms with E-state index in [9.17, 15) is 4.79 Å². The number of hydrogen-bond donors (Lipinski definition) is 2. The van der Waals surface area contributed by atoms with E-state index in [1.165, 1.54) is 0 Å². The summed E-state index contributed by atoms with van der Waals surface area (Å²) in [6.45, 7) is 3.93. The van der Waals surface area contributed by atoms with Gasteiger partial charge in [-0.25, -0.2) is 0 Å². The fourth-order valence-corrected chi connectivity index (χ4v) is 2.24. The van der Waals surface area contributed by atoms with Crippen molar-refractivity contribution >= 4 is 5.91 Å². The lowest BCUT2D eigenvalue weighted by Gasteiger charge is -2.34. The Bertz CT molecular complexity index is 242. The quantitative estimate of drug-likeness (QED) is 0.637. The predicted octanol–water partition coefficient (Wildman–Crippen LogP) is 0.672. The lowest BCUT2D eigenvalue weighted by molar-refractivity contribution is -0.124. The number of carbonyl (C=O) groups excluding carboxylic acids is 1. The Labute approximate surface area is 109 Å². The maximum absolute atomic E-state index is 11.6. The molecule has 1 atom stereocenters.